The third kappa shape index (κ3) is 6.13. The summed E-state index contributed by atoms with van der Waals surface area (Å²) in [6.07, 6.45) is 4.18. The van der Waals surface area contributed by atoms with Gasteiger partial charge in [-0.05, 0) is 67.4 Å². The number of halogens is 1. The summed E-state index contributed by atoms with van der Waals surface area (Å²) in [6.45, 7) is 2.58. The molecule has 1 saturated heterocycles. The molecule has 3 aromatic carbocycles. The summed E-state index contributed by atoms with van der Waals surface area (Å²) in [5.74, 6) is 0.784. The van der Waals surface area contributed by atoms with Gasteiger partial charge >= 0.3 is 0 Å². The highest BCUT2D eigenvalue weighted by molar-refractivity contribution is 8.26. The summed E-state index contributed by atoms with van der Waals surface area (Å²) in [6, 6.07) is 20.0. The normalized spacial score (nSPS) is 14.1. The molecule has 0 saturated carbocycles. The Morgan fingerprint density at radius 2 is 1.76 bits per heavy atom. The summed E-state index contributed by atoms with van der Waals surface area (Å²) in [7, 11) is 3.18. The second kappa shape index (κ2) is 12.6. The first-order valence-electron chi connectivity index (χ1n) is 13.0. The third-order valence-electron chi connectivity index (χ3n) is 6.50. The Morgan fingerprint density at radius 1 is 1.00 bits per heavy atom. The monoisotopic (exact) mass is 589 g/mol. The molecule has 41 heavy (non-hydrogen) atoms. The van der Waals surface area contributed by atoms with Gasteiger partial charge in [0.2, 0.25) is 0 Å². The first kappa shape index (κ1) is 28.4. The van der Waals surface area contributed by atoms with Gasteiger partial charge < -0.3 is 14.2 Å². The van der Waals surface area contributed by atoms with Gasteiger partial charge in [0.15, 0.2) is 23.1 Å². The van der Waals surface area contributed by atoms with Crippen LogP contribution in [0.15, 0.2) is 77.8 Å². The minimum Gasteiger partial charge on any atom is -0.493 e. The van der Waals surface area contributed by atoms with E-state index in [2.05, 4.69) is 0 Å². The van der Waals surface area contributed by atoms with Gasteiger partial charge in [0, 0.05) is 23.9 Å². The molecule has 0 unspecified atom stereocenters. The fourth-order valence-electron chi connectivity index (χ4n) is 4.46. The minimum atomic E-state index is -0.481. The predicted octanol–water partition coefficient (Wildman–Crippen LogP) is 6.54. The number of amides is 1. The maximum atomic E-state index is 14.8. The van der Waals surface area contributed by atoms with E-state index < -0.39 is 5.82 Å². The van der Waals surface area contributed by atoms with Gasteiger partial charge in [-0.3, -0.25) is 9.69 Å². The van der Waals surface area contributed by atoms with Crippen molar-refractivity contribution in [2.24, 2.45) is 0 Å². The number of para-hydroxylation sites is 1. The first-order valence-corrected chi connectivity index (χ1v) is 14.2. The number of rotatable bonds is 10. The maximum Gasteiger partial charge on any atom is 0.266 e. The van der Waals surface area contributed by atoms with Crippen LogP contribution in [0.1, 0.15) is 18.1 Å². The number of thiocarbonyl (C=S) groups is 1. The molecule has 7 nitrogen and oxygen atoms in total. The smallest absolute Gasteiger partial charge is 0.266 e. The average molecular weight is 590 g/mol. The van der Waals surface area contributed by atoms with Crippen molar-refractivity contribution in [3.05, 3.63) is 94.8 Å². The van der Waals surface area contributed by atoms with E-state index in [1.807, 2.05) is 54.7 Å². The van der Waals surface area contributed by atoms with Crippen molar-refractivity contribution in [1.82, 2.24) is 14.7 Å². The Labute approximate surface area is 247 Å². The number of thioether (sulfide) groups is 1. The van der Waals surface area contributed by atoms with Gasteiger partial charge in [-0.25, -0.2) is 9.07 Å². The summed E-state index contributed by atoms with van der Waals surface area (Å²) >= 11 is 6.82. The number of nitrogens with zero attached hydrogens (tertiary/aromatic N) is 3. The van der Waals surface area contributed by atoms with Gasteiger partial charge in [0.05, 0.1) is 31.4 Å². The fourth-order valence-corrected chi connectivity index (χ4v) is 5.76. The molecule has 1 aromatic heterocycles. The maximum absolute atomic E-state index is 14.8. The number of aromatic nitrogens is 2. The van der Waals surface area contributed by atoms with E-state index in [1.54, 1.807) is 48.9 Å². The van der Waals surface area contributed by atoms with E-state index in [1.165, 1.54) is 17.8 Å². The highest BCUT2D eigenvalue weighted by Gasteiger charge is 2.32. The Bertz CT molecular complexity index is 1620. The SMILES string of the molecule is CCOc1ccc(-c2nn(-c3ccccc3)cc2/C=C2\SC(=S)N(CCc3ccc(OC)c(OC)c3)C2=O)cc1F. The zero-order valence-corrected chi connectivity index (χ0v) is 24.4. The highest BCUT2D eigenvalue weighted by Crippen LogP contribution is 2.36. The molecule has 0 aliphatic carbocycles. The lowest BCUT2D eigenvalue weighted by molar-refractivity contribution is -0.122. The molecule has 1 amide bonds. The molecule has 1 aliphatic heterocycles. The topological polar surface area (TPSA) is 65.8 Å². The fraction of sp³-hybridized carbons (Fsp3) is 0.194. The summed E-state index contributed by atoms with van der Waals surface area (Å²) in [5, 5.41) is 4.75. The van der Waals surface area contributed by atoms with Crippen LogP contribution in [-0.2, 0) is 11.2 Å². The highest BCUT2D eigenvalue weighted by atomic mass is 32.2. The molecule has 4 aromatic rings. The van der Waals surface area contributed by atoms with Crippen LogP contribution in [-0.4, -0.2) is 52.3 Å². The van der Waals surface area contributed by atoms with Crippen LogP contribution in [0.3, 0.4) is 0 Å². The molecule has 0 bridgehead atoms. The molecular formula is C31H28FN3O4S2. The Balaban J connectivity index is 1.44. The van der Waals surface area contributed by atoms with E-state index in [-0.39, 0.29) is 11.7 Å². The second-order valence-electron chi connectivity index (χ2n) is 9.06. The van der Waals surface area contributed by atoms with Crippen molar-refractivity contribution < 1.29 is 23.4 Å². The molecule has 2 heterocycles. The van der Waals surface area contributed by atoms with E-state index in [0.29, 0.717) is 57.1 Å². The first-order chi connectivity index (χ1) is 19.9. The molecule has 210 valence electrons. The molecular weight excluding hydrogens is 561 g/mol. The number of hydrogen-bond donors (Lipinski definition) is 0. The second-order valence-corrected chi connectivity index (χ2v) is 10.7. The number of methoxy groups -OCH3 is 2. The van der Waals surface area contributed by atoms with Crippen LogP contribution < -0.4 is 14.2 Å². The van der Waals surface area contributed by atoms with E-state index in [0.717, 1.165) is 11.3 Å². The van der Waals surface area contributed by atoms with Crippen LogP contribution in [0.2, 0.25) is 0 Å². The number of hydrogen-bond acceptors (Lipinski definition) is 7. The molecule has 0 atom stereocenters. The molecule has 0 spiro atoms. The van der Waals surface area contributed by atoms with Crippen LogP contribution in [0, 0.1) is 5.82 Å². The lowest BCUT2D eigenvalue weighted by Crippen LogP contribution is -2.30. The van der Waals surface area contributed by atoms with Crippen molar-refractivity contribution >= 4 is 40.3 Å². The summed E-state index contributed by atoms with van der Waals surface area (Å²) in [5.41, 5.74) is 3.59. The van der Waals surface area contributed by atoms with Crippen molar-refractivity contribution in [3.63, 3.8) is 0 Å². The van der Waals surface area contributed by atoms with Gasteiger partial charge in [-0.2, -0.15) is 5.10 Å². The van der Waals surface area contributed by atoms with Crippen molar-refractivity contribution in [1.29, 1.82) is 0 Å². The molecule has 0 radical (unpaired) electrons. The average Bonchev–Trinajstić information content (AvgIpc) is 3.53. The van der Waals surface area contributed by atoms with Crippen molar-refractivity contribution in [2.45, 2.75) is 13.3 Å². The predicted molar refractivity (Wildman–Crippen MR) is 163 cm³/mol. The number of carbonyl (C=O) groups is 1. The van der Waals surface area contributed by atoms with E-state index in [4.69, 9.17) is 31.5 Å². The Kier molecular flexibility index (Phi) is 8.70. The molecule has 1 fully saturated rings. The number of benzene rings is 3. The van der Waals surface area contributed by atoms with Gasteiger partial charge in [0.1, 0.15) is 10.0 Å². The number of carbonyl (C=O) groups excluding carboxylic acids is 1. The van der Waals surface area contributed by atoms with Gasteiger partial charge in [-0.1, -0.05) is 48.2 Å². The minimum absolute atomic E-state index is 0.177. The molecule has 1 aliphatic rings. The standard InChI is InChI=1S/C31H28FN3O4S2/c1-4-39-25-13-11-21(17-24(25)32)29-22(19-35(33-29)23-8-6-5-7-9-23)18-28-30(36)34(31(40)41-28)15-14-20-10-12-26(37-2)27(16-20)38-3/h5-13,16-19H,4,14-15H2,1-3H3/b28-18-. The molecule has 10 heteroatoms. The summed E-state index contributed by atoms with van der Waals surface area (Å²) in [4.78, 5) is 15.5. The van der Waals surface area contributed by atoms with E-state index >= 15 is 0 Å². The van der Waals surface area contributed by atoms with Gasteiger partial charge in [-0.15, -0.1) is 0 Å². The lowest BCUT2D eigenvalue weighted by Gasteiger charge is -2.15. The molecule has 5 rings (SSSR count). The Hall–Kier alpha value is -4.15. The van der Waals surface area contributed by atoms with Crippen molar-refractivity contribution in [2.75, 3.05) is 27.4 Å². The largest absolute Gasteiger partial charge is 0.493 e. The van der Waals surface area contributed by atoms with Crippen LogP contribution >= 0.6 is 24.0 Å². The Morgan fingerprint density at radius 3 is 2.46 bits per heavy atom. The number of ether oxygens (including phenoxy) is 3. The van der Waals surface area contributed by atoms with E-state index in [9.17, 15) is 9.18 Å². The lowest BCUT2D eigenvalue weighted by atomic mass is 10.1. The van der Waals surface area contributed by atoms with Crippen LogP contribution in [0.4, 0.5) is 4.39 Å². The molecule has 0 N–H and O–H groups in total. The quantitative estimate of drug-likeness (QED) is 0.154. The zero-order chi connectivity index (χ0) is 28.9. The third-order valence-corrected chi connectivity index (χ3v) is 7.88. The zero-order valence-electron chi connectivity index (χ0n) is 22.8. The summed E-state index contributed by atoms with van der Waals surface area (Å²) < 4.78 is 33.1. The van der Waals surface area contributed by atoms with Crippen LogP contribution in [0.5, 0.6) is 17.2 Å². The van der Waals surface area contributed by atoms with Crippen molar-refractivity contribution in [3.8, 4) is 34.2 Å². The van der Waals surface area contributed by atoms with Crippen LogP contribution in [0.25, 0.3) is 23.0 Å². The van der Waals surface area contributed by atoms with Gasteiger partial charge in [0.25, 0.3) is 5.91 Å².